The van der Waals surface area contributed by atoms with E-state index in [0.29, 0.717) is 12.1 Å². The second-order valence-corrected chi connectivity index (χ2v) is 6.10. The molecule has 0 saturated carbocycles. The second kappa shape index (κ2) is 6.80. The predicted molar refractivity (Wildman–Crippen MR) is 94.1 cm³/mol. The van der Waals surface area contributed by atoms with Gasteiger partial charge in [-0.3, -0.25) is 9.48 Å². The number of fused-ring (bicyclic) bond motifs is 4. The van der Waals surface area contributed by atoms with Crippen LogP contribution in [0.4, 0.5) is 10.5 Å². The van der Waals surface area contributed by atoms with Gasteiger partial charge in [-0.25, -0.2) is 4.79 Å². The van der Waals surface area contributed by atoms with Crippen molar-refractivity contribution >= 4 is 17.7 Å². The monoisotopic (exact) mass is 340 g/mol. The van der Waals surface area contributed by atoms with E-state index in [1.165, 1.54) is 0 Å². The van der Waals surface area contributed by atoms with Crippen LogP contribution in [0, 0.1) is 5.92 Å². The number of hydrogen-bond donors (Lipinski definition) is 3. The number of rotatable bonds is 1. The molecule has 0 fully saturated rings. The van der Waals surface area contributed by atoms with Gasteiger partial charge in [0.1, 0.15) is 0 Å². The molecule has 0 unspecified atom stereocenters. The fourth-order valence-electron chi connectivity index (χ4n) is 2.95. The number of carboxylic acid groups (broad SMARTS) is 1. The first kappa shape index (κ1) is 16.8. The Balaban J connectivity index is 2.13. The Morgan fingerprint density at radius 2 is 2.24 bits per heavy atom. The molecule has 7 heteroatoms. The van der Waals surface area contributed by atoms with E-state index in [-0.39, 0.29) is 17.9 Å². The Morgan fingerprint density at radius 3 is 3.00 bits per heavy atom. The van der Waals surface area contributed by atoms with Gasteiger partial charge < -0.3 is 15.7 Å². The largest absolute Gasteiger partial charge is 0.465 e. The van der Waals surface area contributed by atoms with Crippen molar-refractivity contribution in [3.8, 4) is 11.3 Å². The summed E-state index contributed by atoms with van der Waals surface area (Å²) in [6.07, 6.45) is 4.63. The van der Waals surface area contributed by atoms with Gasteiger partial charge in [0.05, 0.1) is 29.5 Å². The van der Waals surface area contributed by atoms with Crippen LogP contribution in [0.5, 0.6) is 0 Å². The standard InChI is InChI=1S/C18H20N4O3/c1-11-5-3-8-14(21-18(24)25)12-6-4-7-13(9-12)16-15(20-17(11)23)10-19-22(16)2/h3-7,9-11,14,21H,8H2,1-2H3,(H,20,23)(H,24,25)/t11-,14+/m1/s1. The van der Waals surface area contributed by atoms with Crippen molar-refractivity contribution in [3.05, 3.63) is 48.2 Å². The zero-order valence-electron chi connectivity index (χ0n) is 14.1. The molecule has 2 aromatic rings. The van der Waals surface area contributed by atoms with Gasteiger partial charge in [-0.1, -0.05) is 37.3 Å². The topological polar surface area (TPSA) is 96.2 Å². The number of benzene rings is 1. The van der Waals surface area contributed by atoms with Crippen molar-refractivity contribution in [2.45, 2.75) is 19.4 Å². The van der Waals surface area contributed by atoms with E-state index >= 15 is 0 Å². The summed E-state index contributed by atoms with van der Waals surface area (Å²) in [6.45, 7) is 1.80. The average Bonchev–Trinajstić information content (AvgIpc) is 2.93. The lowest BCUT2D eigenvalue weighted by atomic mass is 9.98. The Bertz CT molecular complexity index is 841. The van der Waals surface area contributed by atoms with E-state index in [2.05, 4.69) is 15.7 Å². The Kier molecular flexibility index (Phi) is 4.56. The first-order valence-electron chi connectivity index (χ1n) is 8.05. The van der Waals surface area contributed by atoms with Crippen LogP contribution in [0.2, 0.25) is 0 Å². The number of carbonyl (C=O) groups excluding carboxylic acids is 1. The van der Waals surface area contributed by atoms with Gasteiger partial charge in [-0.05, 0) is 18.1 Å². The van der Waals surface area contributed by atoms with E-state index in [1.54, 1.807) is 30.9 Å². The summed E-state index contributed by atoms with van der Waals surface area (Å²) in [6, 6.07) is 7.21. The van der Waals surface area contributed by atoms with Gasteiger partial charge >= 0.3 is 6.09 Å². The highest BCUT2D eigenvalue weighted by Crippen LogP contribution is 2.31. The number of anilines is 1. The van der Waals surface area contributed by atoms with Crippen LogP contribution in [0.15, 0.2) is 42.6 Å². The Morgan fingerprint density at radius 1 is 1.44 bits per heavy atom. The Labute approximate surface area is 145 Å². The van der Waals surface area contributed by atoms with Crippen molar-refractivity contribution in [2.24, 2.45) is 13.0 Å². The number of aryl methyl sites for hydroxylation is 1. The lowest BCUT2D eigenvalue weighted by Crippen LogP contribution is -2.26. The molecule has 0 saturated heterocycles. The maximum absolute atomic E-state index is 12.4. The summed E-state index contributed by atoms with van der Waals surface area (Å²) in [5.74, 6) is -0.471. The third-order valence-electron chi connectivity index (χ3n) is 4.27. The van der Waals surface area contributed by atoms with Crippen molar-refractivity contribution in [1.29, 1.82) is 0 Å². The first-order chi connectivity index (χ1) is 12.0. The van der Waals surface area contributed by atoms with Crippen LogP contribution >= 0.6 is 0 Å². The van der Waals surface area contributed by atoms with Crippen LogP contribution in [-0.4, -0.2) is 26.9 Å². The van der Waals surface area contributed by atoms with Crippen molar-refractivity contribution in [3.63, 3.8) is 0 Å². The van der Waals surface area contributed by atoms with Crippen LogP contribution in [0.25, 0.3) is 11.3 Å². The van der Waals surface area contributed by atoms with Gasteiger partial charge in [-0.2, -0.15) is 5.10 Å². The van der Waals surface area contributed by atoms with Gasteiger partial charge in [0.15, 0.2) is 0 Å². The molecule has 0 spiro atoms. The third kappa shape index (κ3) is 3.55. The molecule has 7 nitrogen and oxygen atoms in total. The molecule has 2 bridgehead atoms. The summed E-state index contributed by atoms with van der Waals surface area (Å²) >= 11 is 0. The minimum Gasteiger partial charge on any atom is -0.465 e. The van der Waals surface area contributed by atoms with Crippen molar-refractivity contribution in [2.75, 3.05) is 5.32 Å². The zero-order valence-corrected chi connectivity index (χ0v) is 14.1. The van der Waals surface area contributed by atoms with Gasteiger partial charge in [0.25, 0.3) is 0 Å². The summed E-state index contributed by atoms with van der Waals surface area (Å²) in [5.41, 5.74) is 3.13. The molecule has 1 aromatic carbocycles. The molecule has 3 N–H and O–H groups in total. The van der Waals surface area contributed by atoms with Gasteiger partial charge in [-0.15, -0.1) is 0 Å². The highest BCUT2D eigenvalue weighted by molar-refractivity contribution is 5.96. The highest BCUT2D eigenvalue weighted by Gasteiger charge is 2.20. The minimum atomic E-state index is -1.08. The molecule has 2 heterocycles. The molecule has 0 radical (unpaired) electrons. The number of nitrogens with one attached hydrogen (secondary N) is 2. The Hall–Kier alpha value is -3.09. The number of aromatic nitrogens is 2. The molecule has 0 aliphatic carbocycles. The van der Waals surface area contributed by atoms with E-state index in [1.807, 2.05) is 30.3 Å². The number of hydrogen-bond acceptors (Lipinski definition) is 3. The molecule has 2 atom stereocenters. The smallest absolute Gasteiger partial charge is 0.405 e. The van der Waals surface area contributed by atoms with E-state index in [0.717, 1.165) is 16.8 Å². The highest BCUT2D eigenvalue weighted by atomic mass is 16.4. The molecular formula is C18H20N4O3. The van der Waals surface area contributed by atoms with E-state index < -0.39 is 6.09 Å². The maximum atomic E-state index is 12.4. The summed E-state index contributed by atoms with van der Waals surface area (Å²) in [4.78, 5) is 23.5. The molecule has 25 heavy (non-hydrogen) atoms. The van der Waals surface area contributed by atoms with Crippen LogP contribution in [0.1, 0.15) is 24.9 Å². The first-order valence-corrected chi connectivity index (χ1v) is 8.05. The average molecular weight is 340 g/mol. The van der Waals surface area contributed by atoms with Crippen molar-refractivity contribution in [1.82, 2.24) is 15.1 Å². The second-order valence-electron chi connectivity index (χ2n) is 6.10. The summed E-state index contributed by atoms with van der Waals surface area (Å²) in [7, 11) is 1.81. The van der Waals surface area contributed by atoms with E-state index in [4.69, 9.17) is 5.11 Å². The summed E-state index contributed by atoms with van der Waals surface area (Å²) < 4.78 is 1.70. The fraction of sp³-hybridized carbons (Fsp3) is 0.278. The normalized spacial score (nSPS) is 20.0. The van der Waals surface area contributed by atoms with E-state index in [9.17, 15) is 9.59 Å². The molecule has 1 aliphatic rings. The molecule has 1 aliphatic heterocycles. The molecule has 130 valence electrons. The SMILES string of the molecule is C[C@@H]1C=CC[C@H](NC(=O)O)c2cccc(c2)-c2c(cnn2C)NC1=O. The molecular weight excluding hydrogens is 320 g/mol. The number of nitrogens with zero attached hydrogens (tertiary/aromatic N) is 2. The van der Waals surface area contributed by atoms with Crippen molar-refractivity contribution < 1.29 is 14.7 Å². The molecule has 1 aromatic heterocycles. The third-order valence-corrected chi connectivity index (χ3v) is 4.27. The lowest BCUT2D eigenvalue weighted by Gasteiger charge is -2.18. The van der Waals surface area contributed by atoms with Crippen LogP contribution < -0.4 is 10.6 Å². The lowest BCUT2D eigenvalue weighted by molar-refractivity contribution is -0.118. The number of amides is 2. The molecule has 2 amide bonds. The minimum absolute atomic E-state index is 0.134. The van der Waals surface area contributed by atoms with Crippen LogP contribution in [-0.2, 0) is 11.8 Å². The molecule has 3 rings (SSSR count). The van der Waals surface area contributed by atoms with Gasteiger partial charge in [0, 0.05) is 12.6 Å². The summed E-state index contributed by atoms with van der Waals surface area (Å²) in [5, 5.41) is 18.8. The predicted octanol–water partition coefficient (Wildman–Crippen LogP) is 2.93. The quantitative estimate of drug-likeness (QED) is 0.695. The maximum Gasteiger partial charge on any atom is 0.405 e. The van der Waals surface area contributed by atoms with Gasteiger partial charge in [0.2, 0.25) is 5.91 Å². The fourth-order valence-corrected chi connectivity index (χ4v) is 2.95. The zero-order chi connectivity index (χ0) is 18.0. The van der Waals surface area contributed by atoms with Crippen LogP contribution in [0.3, 0.4) is 0 Å². The number of carbonyl (C=O) groups is 2.